The van der Waals surface area contributed by atoms with Crippen LogP contribution in [-0.2, 0) is 0 Å². The molecule has 0 fully saturated rings. The van der Waals surface area contributed by atoms with Crippen molar-refractivity contribution in [2.45, 2.75) is 11.9 Å². The number of carbonyl (C=O) groups excluding carboxylic acids is 1. The zero-order chi connectivity index (χ0) is 20.9. The fourth-order valence-electron chi connectivity index (χ4n) is 3.00. The van der Waals surface area contributed by atoms with Gasteiger partial charge in [0.25, 0.3) is 5.56 Å². The van der Waals surface area contributed by atoms with Crippen molar-refractivity contribution in [2.24, 2.45) is 0 Å². The number of hydrogen-bond acceptors (Lipinski definition) is 7. The van der Waals surface area contributed by atoms with Gasteiger partial charge < -0.3 is 14.2 Å². The third kappa shape index (κ3) is 4.33. The summed E-state index contributed by atoms with van der Waals surface area (Å²) < 4.78 is 18.0. The first-order valence-electron chi connectivity index (χ1n) is 9.52. The van der Waals surface area contributed by atoms with Crippen LogP contribution < -0.4 is 19.8 Å². The molecule has 0 radical (unpaired) electrons. The summed E-state index contributed by atoms with van der Waals surface area (Å²) in [4.78, 5) is 29.5. The molecule has 3 aromatic rings. The minimum atomic E-state index is -0.293. The van der Waals surface area contributed by atoms with Crippen LogP contribution in [0.5, 0.6) is 17.2 Å². The summed E-state index contributed by atoms with van der Waals surface area (Å²) in [5, 5.41) is 0.256. The predicted octanol–water partition coefficient (Wildman–Crippen LogP) is 3.38. The minimum absolute atomic E-state index is 0.0843. The highest BCUT2D eigenvalue weighted by atomic mass is 32.2. The molecule has 4 rings (SSSR count). The maximum atomic E-state index is 12.9. The molecular weight excluding hydrogens is 404 g/mol. The van der Waals surface area contributed by atoms with Crippen LogP contribution in [0.4, 0.5) is 0 Å². The van der Waals surface area contributed by atoms with E-state index < -0.39 is 0 Å². The molecule has 7 nitrogen and oxygen atoms in total. The number of rotatable bonds is 7. The molecule has 30 heavy (non-hydrogen) atoms. The standard InChI is InChI=1S/C22H20N2O5S/c1-2-27-17-6-3-15(4-7-17)18(25)14-30-21-22(26)24(10-9-23-21)16-5-8-19-20(13-16)29-12-11-28-19/h3-10,13H,2,11-12,14H2,1H3. The smallest absolute Gasteiger partial charge is 0.287 e. The molecule has 0 amide bonds. The highest BCUT2D eigenvalue weighted by Gasteiger charge is 2.15. The molecule has 1 aromatic heterocycles. The first kappa shape index (κ1) is 20.0. The quantitative estimate of drug-likeness (QED) is 0.425. The van der Waals surface area contributed by atoms with Gasteiger partial charge in [0.15, 0.2) is 22.3 Å². The summed E-state index contributed by atoms with van der Waals surface area (Å²) in [5.41, 5.74) is 0.916. The third-order valence-corrected chi connectivity index (χ3v) is 5.40. The number of aromatic nitrogens is 2. The summed E-state index contributed by atoms with van der Waals surface area (Å²) in [6.07, 6.45) is 3.13. The number of nitrogens with zero attached hydrogens (tertiary/aromatic N) is 2. The van der Waals surface area contributed by atoms with E-state index in [0.29, 0.717) is 48.3 Å². The summed E-state index contributed by atoms with van der Waals surface area (Å²) in [6, 6.07) is 12.3. The van der Waals surface area contributed by atoms with E-state index in [1.807, 2.05) is 6.92 Å². The molecule has 154 valence electrons. The van der Waals surface area contributed by atoms with Crippen molar-refractivity contribution >= 4 is 17.5 Å². The van der Waals surface area contributed by atoms with Gasteiger partial charge in [-0.25, -0.2) is 4.98 Å². The molecule has 2 aromatic carbocycles. The fourth-order valence-corrected chi connectivity index (χ4v) is 3.79. The van der Waals surface area contributed by atoms with Gasteiger partial charge in [-0.1, -0.05) is 11.8 Å². The van der Waals surface area contributed by atoms with E-state index in [1.54, 1.807) is 54.9 Å². The predicted molar refractivity (Wildman–Crippen MR) is 113 cm³/mol. The Balaban J connectivity index is 1.49. The molecular formula is C22H20N2O5S. The van der Waals surface area contributed by atoms with E-state index >= 15 is 0 Å². The van der Waals surface area contributed by atoms with Crippen LogP contribution >= 0.6 is 11.8 Å². The Hall–Kier alpha value is -3.26. The van der Waals surface area contributed by atoms with Crippen molar-refractivity contribution in [1.82, 2.24) is 9.55 Å². The number of ketones is 1. The average molecular weight is 424 g/mol. The Morgan fingerprint density at radius 2 is 1.90 bits per heavy atom. The monoisotopic (exact) mass is 424 g/mol. The summed E-state index contributed by atoms with van der Waals surface area (Å²) >= 11 is 1.12. The van der Waals surface area contributed by atoms with Gasteiger partial charge in [-0.3, -0.25) is 14.2 Å². The highest BCUT2D eigenvalue weighted by molar-refractivity contribution is 7.99. The molecule has 0 spiro atoms. The van der Waals surface area contributed by atoms with E-state index in [4.69, 9.17) is 14.2 Å². The zero-order valence-corrected chi connectivity index (χ0v) is 17.2. The van der Waals surface area contributed by atoms with E-state index in [0.717, 1.165) is 11.8 Å². The van der Waals surface area contributed by atoms with Gasteiger partial charge in [0.1, 0.15) is 19.0 Å². The SMILES string of the molecule is CCOc1ccc(C(=O)CSc2nccn(-c3ccc4c(c3)OCCO4)c2=O)cc1. The van der Waals surface area contributed by atoms with Gasteiger partial charge >= 0.3 is 0 Å². The minimum Gasteiger partial charge on any atom is -0.494 e. The summed E-state index contributed by atoms with van der Waals surface area (Å²) in [5.74, 6) is 2.00. The maximum Gasteiger partial charge on any atom is 0.287 e. The molecule has 0 saturated heterocycles. The molecule has 0 bridgehead atoms. The van der Waals surface area contributed by atoms with Gasteiger partial charge in [0.2, 0.25) is 0 Å². The van der Waals surface area contributed by atoms with Crippen LogP contribution in [0, 0.1) is 0 Å². The van der Waals surface area contributed by atoms with Crippen molar-refractivity contribution in [2.75, 3.05) is 25.6 Å². The van der Waals surface area contributed by atoms with Crippen molar-refractivity contribution < 1.29 is 19.0 Å². The Labute approximate surface area is 177 Å². The van der Waals surface area contributed by atoms with Crippen LogP contribution in [0.1, 0.15) is 17.3 Å². The van der Waals surface area contributed by atoms with Crippen LogP contribution in [0.15, 0.2) is 64.7 Å². The maximum absolute atomic E-state index is 12.9. The van der Waals surface area contributed by atoms with E-state index in [-0.39, 0.29) is 22.1 Å². The van der Waals surface area contributed by atoms with Crippen molar-refractivity contribution in [1.29, 1.82) is 0 Å². The zero-order valence-electron chi connectivity index (χ0n) is 16.4. The molecule has 0 atom stereocenters. The number of carbonyl (C=O) groups is 1. The molecule has 0 unspecified atom stereocenters. The Morgan fingerprint density at radius 3 is 2.67 bits per heavy atom. The van der Waals surface area contributed by atoms with Crippen LogP contribution in [0.25, 0.3) is 5.69 Å². The second-order valence-electron chi connectivity index (χ2n) is 6.40. The first-order valence-corrected chi connectivity index (χ1v) is 10.5. The number of benzene rings is 2. The summed E-state index contributed by atoms with van der Waals surface area (Å²) in [6.45, 7) is 3.44. The number of thioether (sulfide) groups is 1. The molecule has 2 heterocycles. The van der Waals surface area contributed by atoms with Crippen molar-refractivity contribution in [3.8, 4) is 22.9 Å². The van der Waals surface area contributed by atoms with E-state index in [1.165, 1.54) is 4.57 Å². The van der Waals surface area contributed by atoms with Gasteiger partial charge in [0.05, 0.1) is 18.0 Å². The number of ether oxygens (including phenoxy) is 3. The fraction of sp³-hybridized carbons (Fsp3) is 0.227. The lowest BCUT2D eigenvalue weighted by molar-refractivity contribution is 0.102. The molecule has 0 N–H and O–H groups in total. The first-order chi connectivity index (χ1) is 14.7. The Bertz CT molecular complexity index is 1110. The molecule has 1 aliphatic heterocycles. The lowest BCUT2D eigenvalue weighted by atomic mass is 10.1. The number of hydrogen-bond donors (Lipinski definition) is 0. The normalized spacial score (nSPS) is 12.4. The second-order valence-corrected chi connectivity index (χ2v) is 7.37. The lowest BCUT2D eigenvalue weighted by Gasteiger charge is -2.19. The Kier molecular flexibility index (Phi) is 6.04. The topological polar surface area (TPSA) is 79.7 Å². The lowest BCUT2D eigenvalue weighted by Crippen LogP contribution is -2.22. The molecule has 1 aliphatic rings. The van der Waals surface area contributed by atoms with Gasteiger partial charge in [-0.05, 0) is 43.3 Å². The van der Waals surface area contributed by atoms with Gasteiger partial charge in [-0.15, -0.1) is 0 Å². The number of Topliss-reactive ketones (excluding diaryl/α,β-unsaturated/α-hetero) is 1. The van der Waals surface area contributed by atoms with E-state index in [9.17, 15) is 9.59 Å². The summed E-state index contributed by atoms with van der Waals surface area (Å²) in [7, 11) is 0. The third-order valence-electron chi connectivity index (χ3n) is 4.44. The van der Waals surface area contributed by atoms with Gasteiger partial charge in [-0.2, -0.15) is 0 Å². The van der Waals surface area contributed by atoms with Gasteiger partial charge in [0, 0.05) is 24.0 Å². The molecule has 8 heteroatoms. The van der Waals surface area contributed by atoms with E-state index in [2.05, 4.69) is 4.98 Å². The van der Waals surface area contributed by atoms with Crippen LogP contribution in [-0.4, -0.2) is 40.9 Å². The number of fused-ring (bicyclic) bond motifs is 1. The van der Waals surface area contributed by atoms with Crippen molar-refractivity contribution in [3.05, 3.63) is 70.8 Å². The molecule has 0 aliphatic carbocycles. The largest absolute Gasteiger partial charge is 0.494 e. The van der Waals surface area contributed by atoms with Crippen LogP contribution in [0.3, 0.4) is 0 Å². The van der Waals surface area contributed by atoms with Crippen molar-refractivity contribution in [3.63, 3.8) is 0 Å². The Morgan fingerprint density at radius 1 is 1.13 bits per heavy atom. The molecule has 0 saturated carbocycles. The highest BCUT2D eigenvalue weighted by Crippen LogP contribution is 2.31. The second kappa shape index (κ2) is 9.04. The average Bonchev–Trinajstić information content (AvgIpc) is 2.78. The van der Waals surface area contributed by atoms with Crippen LogP contribution in [0.2, 0.25) is 0 Å².